The molecule has 10 heteroatoms. The lowest BCUT2D eigenvalue weighted by molar-refractivity contribution is -0.0597. The Balaban J connectivity index is 3.08. The van der Waals surface area contributed by atoms with E-state index in [-0.39, 0.29) is 4.90 Å². The van der Waals surface area contributed by atoms with Crippen LogP contribution in [-0.2, 0) is 19.0 Å². The molecule has 21 heavy (non-hydrogen) atoms. The Bertz CT molecular complexity index is 615. The molecule has 1 amide bonds. The molecule has 0 aliphatic carbocycles. The smallest absolute Gasteiger partial charge is 0.444 e. The third-order valence-corrected chi connectivity index (χ3v) is 3.17. The van der Waals surface area contributed by atoms with Gasteiger partial charge >= 0.3 is 21.7 Å². The van der Waals surface area contributed by atoms with Gasteiger partial charge in [0.25, 0.3) is 0 Å². The number of halogens is 3. The maximum atomic E-state index is 12.4. The third kappa shape index (κ3) is 5.34. The van der Waals surface area contributed by atoms with E-state index in [1.54, 1.807) is 0 Å². The molecule has 1 fully saturated rings. The van der Waals surface area contributed by atoms with Crippen molar-refractivity contribution in [3.8, 4) is 0 Å². The number of ether oxygens (including phenoxy) is 1. The molecule has 0 bridgehead atoms. The molecule has 1 aliphatic rings. The number of alkyl halides is 3. The maximum absolute atomic E-state index is 12.4. The van der Waals surface area contributed by atoms with Gasteiger partial charge in [0.15, 0.2) is 0 Å². The van der Waals surface area contributed by atoms with Crippen LogP contribution in [0, 0.1) is 0 Å². The van der Waals surface area contributed by atoms with Gasteiger partial charge in [-0.1, -0.05) is 0 Å². The molecule has 0 aromatic heterocycles. The lowest BCUT2D eigenvalue weighted by atomic mass is 10.1. The van der Waals surface area contributed by atoms with E-state index in [4.69, 9.17) is 10.2 Å². The molecule has 0 aromatic rings. The van der Waals surface area contributed by atoms with Gasteiger partial charge in [0.05, 0.1) is 6.10 Å². The van der Waals surface area contributed by atoms with E-state index in [0.29, 0.717) is 0 Å². The van der Waals surface area contributed by atoms with Crippen LogP contribution < -0.4 is 0 Å². The number of carbonyl (C=O) groups is 1. The molecule has 0 radical (unpaired) electrons. The van der Waals surface area contributed by atoms with E-state index >= 15 is 0 Å². The molecule has 1 aliphatic heterocycles. The van der Waals surface area contributed by atoms with E-state index in [0.717, 1.165) is 0 Å². The topological polar surface area (TPSA) is 72.9 Å². The van der Waals surface area contributed by atoms with Crippen LogP contribution in [0.1, 0.15) is 39.1 Å². The average molecular weight is 337 g/mol. The van der Waals surface area contributed by atoms with Crippen LogP contribution in [0.4, 0.5) is 18.0 Å². The SMILES string of the molecule is [2H]C1([2H])CC(OS(=O)(=O)C(F)(F)F)CC([2H])([2H])N1C(=O)OC(C)(C)C. The molecule has 6 nitrogen and oxygen atoms in total. The standard InChI is InChI=1S/C11H18F3NO5S/c1-10(2,3)19-9(16)15-6-4-8(5-7-15)20-21(17,18)11(12,13)14/h8H,4-7H2,1-3H3/i6D2,7D2. The van der Waals surface area contributed by atoms with Gasteiger partial charge < -0.3 is 9.64 Å². The Morgan fingerprint density at radius 2 is 1.71 bits per heavy atom. The van der Waals surface area contributed by atoms with Gasteiger partial charge in [-0.15, -0.1) is 0 Å². The Morgan fingerprint density at radius 1 is 1.24 bits per heavy atom. The lowest BCUT2D eigenvalue weighted by Gasteiger charge is -2.33. The number of nitrogens with zero attached hydrogens (tertiary/aromatic N) is 1. The predicted octanol–water partition coefficient (Wildman–Crippen LogP) is 2.25. The minimum Gasteiger partial charge on any atom is -0.444 e. The summed E-state index contributed by atoms with van der Waals surface area (Å²) in [6.45, 7) is -1.29. The van der Waals surface area contributed by atoms with Crippen LogP contribution in [0.15, 0.2) is 0 Å². The summed E-state index contributed by atoms with van der Waals surface area (Å²) in [5.41, 5.74) is -6.80. The number of rotatable bonds is 2. The van der Waals surface area contributed by atoms with Gasteiger partial charge in [0, 0.05) is 18.5 Å². The van der Waals surface area contributed by atoms with Crippen LogP contribution in [0.25, 0.3) is 0 Å². The quantitative estimate of drug-likeness (QED) is 0.571. The summed E-state index contributed by atoms with van der Waals surface area (Å²) in [6, 6.07) is 0. The van der Waals surface area contributed by atoms with Gasteiger partial charge in [-0.25, -0.2) is 4.79 Å². The summed E-state index contributed by atoms with van der Waals surface area (Å²) in [5, 5.41) is 0. The fourth-order valence-corrected chi connectivity index (χ4v) is 1.86. The van der Waals surface area contributed by atoms with E-state index < -0.39 is 59.3 Å². The van der Waals surface area contributed by atoms with Gasteiger partial charge in [-0.05, 0) is 33.6 Å². The molecule has 1 saturated heterocycles. The highest BCUT2D eigenvalue weighted by atomic mass is 32.2. The van der Waals surface area contributed by atoms with Crippen molar-refractivity contribution < 1.29 is 40.8 Å². The van der Waals surface area contributed by atoms with Crippen molar-refractivity contribution in [2.45, 2.75) is 50.8 Å². The molecule has 0 aromatic carbocycles. The summed E-state index contributed by atoms with van der Waals surface area (Å²) < 4.78 is 99.1. The van der Waals surface area contributed by atoms with Crippen molar-refractivity contribution in [1.82, 2.24) is 4.90 Å². The zero-order valence-corrected chi connectivity index (χ0v) is 12.3. The second kappa shape index (κ2) is 5.99. The van der Waals surface area contributed by atoms with E-state index in [1.165, 1.54) is 20.8 Å². The normalized spacial score (nSPS) is 26.3. The first-order valence-electron chi connectivity index (χ1n) is 7.81. The summed E-state index contributed by atoms with van der Waals surface area (Å²) in [7, 11) is -6.03. The predicted molar refractivity (Wildman–Crippen MR) is 66.9 cm³/mol. The van der Waals surface area contributed by atoms with Crippen LogP contribution in [-0.4, -0.2) is 49.6 Å². The highest BCUT2D eigenvalue weighted by molar-refractivity contribution is 7.87. The summed E-state index contributed by atoms with van der Waals surface area (Å²) in [6.07, 6.45) is -5.28. The number of amides is 1. The highest BCUT2D eigenvalue weighted by Crippen LogP contribution is 2.28. The van der Waals surface area contributed by atoms with Crippen LogP contribution in [0.3, 0.4) is 0 Å². The molecule has 0 atom stereocenters. The molecule has 0 unspecified atom stereocenters. The van der Waals surface area contributed by atoms with Gasteiger partial charge in [-0.3, -0.25) is 4.18 Å². The number of hydrogen-bond acceptors (Lipinski definition) is 5. The van der Waals surface area contributed by atoms with Crippen LogP contribution in [0.5, 0.6) is 0 Å². The molecule has 1 rings (SSSR count). The number of hydrogen-bond donors (Lipinski definition) is 0. The Morgan fingerprint density at radius 3 is 2.10 bits per heavy atom. The molecular formula is C11H18F3NO5S. The zero-order chi connectivity index (χ0) is 20.1. The number of piperidine rings is 1. The van der Waals surface area contributed by atoms with Crippen molar-refractivity contribution in [1.29, 1.82) is 0 Å². The first-order valence-corrected chi connectivity index (χ1v) is 7.22. The third-order valence-electron chi connectivity index (χ3n) is 2.08. The van der Waals surface area contributed by atoms with Crippen molar-refractivity contribution in [3.63, 3.8) is 0 Å². The van der Waals surface area contributed by atoms with Crippen LogP contribution >= 0.6 is 0 Å². The van der Waals surface area contributed by atoms with Gasteiger partial charge in [-0.2, -0.15) is 21.6 Å². The van der Waals surface area contributed by atoms with E-state index in [1.807, 2.05) is 0 Å². The maximum Gasteiger partial charge on any atom is 0.523 e. The monoisotopic (exact) mass is 337 g/mol. The van der Waals surface area contributed by atoms with E-state index in [9.17, 15) is 26.4 Å². The lowest BCUT2D eigenvalue weighted by Crippen LogP contribution is -2.44. The second-order valence-electron chi connectivity index (χ2n) is 5.16. The fourth-order valence-electron chi connectivity index (χ4n) is 1.25. The number of carbonyl (C=O) groups excluding carboxylic acids is 1. The molecule has 0 spiro atoms. The molecule has 1 heterocycles. The Labute approximate surface area is 126 Å². The van der Waals surface area contributed by atoms with Gasteiger partial charge in [0.2, 0.25) is 0 Å². The molecule has 0 N–H and O–H groups in total. The molecule has 124 valence electrons. The second-order valence-corrected chi connectivity index (χ2v) is 6.72. The number of likely N-dealkylation sites (tertiary alicyclic amines) is 1. The summed E-state index contributed by atoms with van der Waals surface area (Å²) in [5.74, 6) is 0. The zero-order valence-electron chi connectivity index (χ0n) is 15.5. The highest BCUT2D eigenvalue weighted by Gasteiger charge is 2.48. The molecule has 0 saturated carbocycles. The molecular weight excluding hydrogens is 315 g/mol. The first-order chi connectivity index (χ1) is 10.8. The minimum absolute atomic E-state index is 0.102. The van der Waals surface area contributed by atoms with Crippen LogP contribution in [0.2, 0.25) is 0 Å². The summed E-state index contributed by atoms with van der Waals surface area (Å²) >= 11 is 0. The Kier molecular flexibility index (Phi) is 3.57. The van der Waals surface area contributed by atoms with Crippen molar-refractivity contribution >= 4 is 16.2 Å². The fraction of sp³-hybridized carbons (Fsp3) is 0.909. The largest absolute Gasteiger partial charge is 0.523 e. The van der Waals surface area contributed by atoms with Gasteiger partial charge in [0.1, 0.15) is 5.60 Å². The Hall–Kier alpha value is -1.03. The minimum atomic E-state index is -6.03. The van der Waals surface area contributed by atoms with E-state index in [2.05, 4.69) is 4.18 Å². The van der Waals surface area contributed by atoms with Crippen molar-refractivity contribution in [2.75, 3.05) is 13.0 Å². The summed E-state index contributed by atoms with van der Waals surface area (Å²) in [4.78, 5) is 12.2. The van der Waals surface area contributed by atoms with Crippen molar-refractivity contribution in [2.24, 2.45) is 0 Å². The average Bonchev–Trinajstić information content (AvgIpc) is 2.18. The first kappa shape index (κ1) is 12.5. The van der Waals surface area contributed by atoms with Crippen molar-refractivity contribution in [3.05, 3.63) is 0 Å².